The van der Waals surface area contributed by atoms with E-state index in [1.54, 1.807) is 22.8 Å². The third-order valence-electron chi connectivity index (χ3n) is 8.20. The summed E-state index contributed by atoms with van der Waals surface area (Å²) in [6.45, 7) is 7.17. The van der Waals surface area contributed by atoms with Gasteiger partial charge in [-0.1, -0.05) is 42.5 Å². The SMILES string of the molecule is CC(C)(C)OC(=O)N1C[C@@H]2C[C@H]1CN2c1ccc(-c2cnc3c(-c4cccc5c(C(=O)O)cccc45)cnn3c2)cc1. The summed E-state index contributed by atoms with van der Waals surface area (Å²) in [6.07, 6.45) is 6.32. The normalized spacial score (nSPS) is 18.3. The molecule has 3 aromatic carbocycles. The highest BCUT2D eigenvalue weighted by molar-refractivity contribution is 6.09. The van der Waals surface area contributed by atoms with Gasteiger partial charge in [0.1, 0.15) is 5.60 Å². The van der Waals surface area contributed by atoms with Crippen molar-refractivity contribution in [3.8, 4) is 22.3 Å². The average molecular weight is 562 g/mol. The van der Waals surface area contributed by atoms with E-state index in [4.69, 9.17) is 9.72 Å². The first-order valence-corrected chi connectivity index (χ1v) is 14.1. The molecule has 2 aliphatic heterocycles. The fourth-order valence-electron chi connectivity index (χ4n) is 6.32. The summed E-state index contributed by atoms with van der Waals surface area (Å²) in [5.74, 6) is -0.952. The summed E-state index contributed by atoms with van der Waals surface area (Å²) in [6, 6.07) is 19.9. The molecular weight excluding hydrogens is 530 g/mol. The minimum absolute atomic E-state index is 0.169. The van der Waals surface area contributed by atoms with E-state index in [2.05, 4.69) is 34.3 Å². The molecule has 9 heteroatoms. The second kappa shape index (κ2) is 9.58. The summed E-state index contributed by atoms with van der Waals surface area (Å²) < 4.78 is 7.37. The number of aromatic nitrogens is 3. The molecule has 2 aromatic heterocycles. The van der Waals surface area contributed by atoms with Gasteiger partial charge in [0, 0.05) is 48.3 Å². The van der Waals surface area contributed by atoms with Crippen molar-refractivity contribution >= 4 is 34.2 Å². The number of carboxylic acids is 1. The van der Waals surface area contributed by atoms with Gasteiger partial charge in [0.2, 0.25) is 0 Å². The molecule has 1 N–H and O–H groups in total. The fourth-order valence-corrected chi connectivity index (χ4v) is 6.32. The van der Waals surface area contributed by atoms with E-state index >= 15 is 0 Å². The summed E-state index contributed by atoms with van der Waals surface area (Å²) in [7, 11) is 0. The van der Waals surface area contributed by atoms with Crippen molar-refractivity contribution in [1.29, 1.82) is 0 Å². The molecule has 212 valence electrons. The molecule has 2 aliphatic rings. The average Bonchev–Trinajstić information content (AvgIpc) is 3.70. The van der Waals surface area contributed by atoms with Gasteiger partial charge in [-0.2, -0.15) is 5.10 Å². The van der Waals surface area contributed by atoms with Crippen LogP contribution in [0.25, 0.3) is 38.7 Å². The number of hydrogen-bond donors (Lipinski definition) is 1. The molecule has 1 amide bonds. The Labute approximate surface area is 243 Å². The van der Waals surface area contributed by atoms with Gasteiger partial charge < -0.3 is 19.6 Å². The number of benzene rings is 3. The number of carboxylic acid groups (broad SMARTS) is 1. The third-order valence-corrected chi connectivity index (χ3v) is 8.20. The minimum Gasteiger partial charge on any atom is -0.478 e. The standard InChI is InChI=1S/C33H31N5O4/c1-33(2,3)42-32(41)37-19-23-14-24(37)18-36(23)22-12-10-20(11-13-22)21-15-34-30-29(16-35-38(30)17-21)27-8-4-7-26-25(27)6-5-9-28(26)31(39)40/h4-13,15-17,23-24H,14,18-19H2,1-3H3,(H,39,40)/t23-,24-/m0/s1. The lowest BCUT2D eigenvalue weighted by molar-refractivity contribution is 0.0214. The quantitative estimate of drug-likeness (QED) is 0.282. The molecule has 5 aromatic rings. The second-order valence-corrected chi connectivity index (χ2v) is 12.1. The highest BCUT2D eigenvalue weighted by Crippen LogP contribution is 2.37. The molecule has 2 atom stereocenters. The van der Waals surface area contributed by atoms with Crippen LogP contribution in [0.15, 0.2) is 79.3 Å². The first kappa shape index (κ1) is 26.0. The maximum absolute atomic E-state index is 12.6. The molecule has 0 aliphatic carbocycles. The highest BCUT2D eigenvalue weighted by Gasteiger charge is 2.46. The van der Waals surface area contributed by atoms with Gasteiger partial charge in [-0.3, -0.25) is 0 Å². The zero-order valence-electron chi connectivity index (χ0n) is 23.7. The smallest absolute Gasteiger partial charge is 0.410 e. The molecule has 4 heterocycles. The largest absolute Gasteiger partial charge is 0.478 e. The number of carbonyl (C=O) groups is 2. The number of likely N-dealkylation sites (tertiary alicyclic amines) is 1. The van der Waals surface area contributed by atoms with E-state index in [0.29, 0.717) is 17.6 Å². The molecule has 0 radical (unpaired) electrons. The van der Waals surface area contributed by atoms with E-state index in [-0.39, 0.29) is 23.7 Å². The number of ether oxygens (including phenoxy) is 1. The van der Waals surface area contributed by atoms with Gasteiger partial charge in [0.05, 0.1) is 17.8 Å². The second-order valence-electron chi connectivity index (χ2n) is 12.1. The van der Waals surface area contributed by atoms with Gasteiger partial charge in [-0.15, -0.1) is 0 Å². The van der Waals surface area contributed by atoms with Crippen molar-refractivity contribution < 1.29 is 19.4 Å². The number of aromatic carboxylic acids is 1. The number of piperazine rings is 1. The lowest BCUT2D eigenvalue weighted by atomic mass is 9.97. The predicted octanol–water partition coefficient (Wildman–Crippen LogP) is 6.11. The Morgan fingerprint density at radius 3 is 2.36 bits per heavy atom. The van der Waals surface area contributed by atoms with Crippen LogP contribution >= 0.6 is 0 Å². The molecular formula is C33H31N5O4. The zero-order chi connectivity index (χ0) is 29.2. The molecule has 2 saturated heterocycles. The summed E-state index contributed by atoms with van der Waals surface area (Å²) >= 11 is 0. The summed E-state index contributed by atoms with van der Waals surface area (Å²) in [5, 5.41) is 15.7. The summed E-state index contributed by atoms with van der Waals surface area (Å²) in [4.78, 5) is 33.4. The van der Waals surface area contributed by atoms with Crippen molar-refractivity contribution in [3.63, 3.8) is 0 Å². The maximum atomic E-state index is 12.6. The lowest BCUT2D eigenvalue weighted by Crippen LogP contribution is -2.50. The van der Waals surface area contributed by atoms with E-state index in [9.17, 15) is 14.7 Å². The topological polar surface area (TPSA) is 100 Å². The van der Waals surface area contributed by atoms with Gasteiger partial charge in [0.15, 0.2) is 5.65 Å². The molecule has 2 bridgehead atoms. The number of fused-ring (bicyclic) bond motifs is 4. The third kappa shape index (κ3) is 4.41. The maximum Gasteiger partial charge on any atom is 0.410 e. The van der Waals surface area contributed by atoms with Gasteiger partial charge in [-0.05, 0) is 67.3 Å². The van der Waals surface area contributed by atoms with Crippen LogP contribution < -0.4 is 4.90 Å². The van der Waals surface area contributed by atoms with Crippen molar-refractivity contribution in [2.45, 2.75) is 44.9 Å². The Morgan fingerprint density at radius 1 is 0.881 bits per heavy atom. The zero-order valence-corrected chi connectivity index (χ0v) is 23.7. The summed E-state index contributed by atoms with van der Waals surface area (Å²) in [5.41, 5.74) is 5.32. The predicted molar refractivity (Wildman–Crippen MR) is 161 cm³/mol. The monoisotopic (exact) mass is 561 g/mol. The molecule has 2 fully saturated rings. The number of amides is 1. The molecule has 9 nitrogen and oxygen atoms in total. The fraction of sp³-hybridized carbons (Fsp3) is 0.273. The van der Waals surface area contributed by atoms with Gasteiger partial charge in [-0.25, -0.2) is 19.1 Å². The van der Waals surface area contributed by atoms with Crippen LogP contribution in [0.5, 0.6) is 0 Å². The van der Waals surface area contributed by atoms with Crippen molar-refractivity contribution in [3.05, 3.63) is 84.8 Å². The number of anilines is 1. The highest BCUT2D eigenvalue weighted by atomic mass is 16.6. The van der Waals surface area contributed by atoms with Gasteiger partial charge >= 0.3 is 12.1 Å². The Bertz CT molecular complexity index is 1860. The Hall–Kier alpha value is -4.92. The Balaban J connectivity index is 1.12. The first-order valence-electron chi connectivity index (χ1n) is 14.1. The minimum atomic E-state index is -0.952. The van der Waals surface area contributed by atoms with E-state index in [1.165, 1.54) is 0 Å². The van der Waals surface area contributed by atoms with E-state index in [1.807, 2.05) is 62.3 Å². The number of nitrogens with zero attached hydrogens (tertiary/aromatic N) is 5. The van der Waals surface area contributed by atoms with Crippen molar-refractivity contribution in [2.24, 2.45) is 0 Å². The molecule has 7 rings (SSSR count). The van der Waals surface area contributed by atoms with Crippen LogP contribution in [0.1, 0.15) is 37.6 Å². The Morgan fingerprint density at radius 2 is 1.64 bits per heavy atom. The van der Waals surface area contributed by atoms with Crippen molar-refractivity contribution in [2.75, 3.05) is 18.0 Å². The first-order chi connectivity index (χ1) is 20.2. The molecule has 0 unspecified atom stereocenters. The van der Waals surface area contributed by atoms with Crippen molar-refractivity contribution in [1.82, 2.24) is 19.5 Å². The van der Waals surface area contributed by atoms with Crippen LogP contribution in [0.2, 0.25) is 0 Å². The molecule has 0 spiro atoms. The van der Waals surface area contributed by atoms with Crippen LogP contribution in [0.4, 0.5) is 10.5 Å². The number of carbonyl (C=O) groups excluding carboxylic acids is 1. The Kier molecular flexibility index (Phi) is 5.93. The van der Waals surface area contributed by atoms with E-state index in [0.717, 1.165) is 46.3 Å². The molecule has 42 heavy (non-hydrogen) atoms. The van der Waals surface area contributed by atoms with Crippen LogP contribution in [0, 0.1) is 0 Å². The number of hydrogen-bond acceptors (Lipinski definition) is 6. The molecule has 0 saturated carbocycles. The van der Waals surface area contributed by atoms with E-state index < -0.39 is 11.6 Å². The lowest BCUT2D eigenvalue weighted by Gasteiger charge is -2.36. The van der Waals surface area contributed by atoms with Crippen LogP contribution in [-0.2, 0) is 4.74 Å². The van der Waals surface area contributed by atoms with Gasteiger partial charge in [0.25, 0.3) is 0 Å². The van der Waals surface area contributed by atoms with Crippen LogP contribution in [0.3, 0.4) is 0 Å². The van der Waals surface area contributed by atoms with Crippen LogP contribution in [-0.4, -0.2) is 67.4 Å². The number of rotatable bonds is 4.